The molecule has 0 saturated carbocycles. The van der Waals surface area contributed by atoms with Gasteiger partial charge in [-0.2, -0.15) is 0 Å². The third-order valence-electron chi connectivity index (χ3n) is 3.32. The van der Waals surface area contributed by atoms with Crippen LogP contribution in [0.4, 0.5) is 0 Å². The zero-order chi connectivity index (χ0) is 11.6. The summed E-state index contributed by atoms with van der Waals surface area (Å²) >= 11 is 0. The molecule has 0 bridgehead atoms. The predicted octanol–water partition coefficient (Wildman–Crippen LogP) is 2.49. The van der Waals surface area contributed by atoms with E-state index in [4.69, 9.17) is 4.74 Å². The fourth-order valence-corrected chi connectivity index (χ4v) is 2.39. The summed E-state index contributed by atoms with van der Waals surface area (Å²) in [6.45, 7) is 3.70. The fourth-order valence-electron chi connectivity index (χ4n) is 2.39. The number of methoxy groups -OCH3 is 1. The Balaban J connectivity index is 2.27. The van der Waals surface area contributed by atoms with Crippen molar-refractivity contribution in [2.24, 2.45) is 0 Å². The summed E-state index contributed by atoms with van der Waals surface area (Å²) in [4.78, 5) is 0. The lowest BCUT2D eigenvalue weighted by atomic mass is 9.78. The normalized spacial score (nSPS) is 23.6. The maximum Gasteiger partial charge on any atom is 0.119 e. The molecule has 0 aliphatic heterocycles. The highest BCUT2D eigenvalue weighted by molar-refractivity contribution is 5.38. The van der Waals surface area contributed by atoms with Gasteiger partial charge in [0.25, 0.3) is 0 Å². The minimum Gasteiger partial charge on any atom is -0.497 e. The van der Waals surface area contributed by atoms with E-state index in [2.05, 4.69) is 12.6 Å². The van der Waals surface area contributed by atoms with Gasteiger partial charge in [0, 0.05) is 6.42 Å². The number of rotatable bonds is 3. The number of ether oxygens (including phenoxy) is 1. The molecule has 0 amide bonds. The molecule has 0 fully saturated rings. The van der Waals surface area contributed by atoms with E-state index in [9.17, 15) is 5.11 Å². The molecule has 1 unspecified atom stereocenters. The Morgan fingerprint density at radius 2 is 2.31 bits per heavy atom. The lowest BCUT2D eigenvalue weighted by Crippen LogP contribution is -2.35. The SMILES string of the molecule is C=CCC1(O)CCc2ccc(OC)cc2C1. The first-order valence-corrected chi connectivity index (χ1v) is 5.66. The lowest BCUT2D eigenvalue weighted by Gasteiger charge is -2.32. The molecule has 1 atom stereocenters. The average molecular weight is 218 g/mol. The van der Waals surface area contributed by atoms with Crippen LogP contribution in [0.15, 0.2) is 30.9 Å². The Hall–Kier alpha value is -1.28. The molecule has 0 saturated heterocycles. The summed E-state index contributed by atoms with van der Waals surface area (Å²) < 4.78 is 5.21. The van der Waals surface area contributed by atoms with E-state index in [-0.39, 0.29) is 0 Å². The van der Waals surface area contributed by atoms with Crippen molar-refractivity contribution in [3.8, 4) is 5.75 Å². The first kappa shape index (κ1) is 11.2. The zero-order valence-corrected chi connectivity index (χ0v) is 9.70. The molecule has 2 rings (SSSR count). The molecule has 0 spiro atoms. The number of aryl methyl sites for hydroxylation is 1. The average Bonchev–Trinajstić information content (AvgIpc) is 2.28. The molecule has 0 aromatic heterocycles. The maximum atomic E-state index is 10.4. The standard InChI is InChI=1S/C14H18O2/c1-3-7-14(15)8-6-11-4-5-13(16-2)9-12(11)10-14/h3-5,9,15H,1,6-8,10H2,2H3. The van der Waals surface area contributed by atoms with Gasteiger partial charge in [0.05, 0.1) is 12.7 Å². The van der Waals surface area contributed by atoms with E-state index >= 15 is 0 Å². The van der Waals surface area contributed by atoms with Crippen molar-refractivity contribution >= 4 is 0 Å². The first-order chi connectivity index (χ1) is 7.67. The van der Waals surface area contributed by atoms with Crippen LogP contribution in [-0.2, 0) is 12.8 Å². The minimum absolute atomic E-state index is 0.610. The monoisotopic (exact) mass is 218 g/mol. The van der Waals surface area contributed by atoms with E-state index in [0.717, 1.165) is 18.6 Å². The van der Waals surface area contributed by atoms with Gasteiger partial charge in [0.15, 0.2) is 0 Å². The van der Waals surface area contributed by atoms with Crippen molar-refractivity contribution in [2.45, 2.75) is 31.3 Å². The van der Waals surface area contributed by atoms with Crippen molar-refractivity contribution in [2.75, 3.05) is 7.11 Å². The molecule has 1 aliphatic rings. The highest BCUT2D eigenvalue weighted by atomic mass is 16.5. The Bertz CT molecular complexity index is 398. The number of fused-ring (bicyclic) bond motifs is 1. The van der Waals surface area contributed by atoms with Crippen LogP contribution in [-0.4, -0.2) is 17.8 Å². The number of hydrogen-bond acceptors (Lipinski definition) is 2. The second kappa shape index (κ2) is 4.30. The third-order valence-corrected chi connectivity index (χ3v) is 3.32. The third kappa shape index (κ3) is 2.12. The van der Waals surface area contributed by atoms with Crippen LogP contribution in [0.5, 0.6) is 5.75 Å². The Morgan fingerprint density at radius 1 is 1.50 bits per heavy atom. The van der Waals surface area contributed by atoms with Crippen LogP contribution >= 0.6 is 0 Å². The van der Waals surface area contributed by atoms with E-state index in [1.54, 1.807) is 13.2 Å². The van der Waals surface area contributed by atoms with Crippen molar-refractivity contribution in [1.29, 1.82) is 0 Å². The highest BCUT2D eigenvalue weighted by Crippen LogP contribution is 2.33. The van der Waals surface area contributed by atoms with Crippen LogP contribution in [0.1, 0.15) is 24.0 Å². The Labute approximate surface area is 96.6 Å². The van der Waals surface area contributed by atoms with Gasteiger partial charge in [0.1, 0.15) is 5.75 Å². The lowest BCUT2D eigenvalue weighted by molar-refractivity contribution is 0.0294. The molecule has 86 valence electrons. The molecule has 0 radical (unpaired) electrons. The summed E-state index contributed by atoms with van der Waals surface area (Å²) in [5, 5.41) is 10.4. The molecule has 16 heavy (non-hydrogen) atoms. The van der Waals surface area contributed by atoms with Crippen LogP contribution < -0.4 is 4.74 Å². The van der Waals surface area contributed by atoms with Crippen LogP contribution in [0.2, 0.25) is 0 Å². The summed E-state index contributed by atoms with van der Waals surface area (Å²) in [5.74, 6) is 0.863. The van der Waals surface area contributed by atoms with Crippen molar-refractivity contribution in [1.82, 2.24) is 0 Å². The van der Waals surface area contributed by atoms with Crippen molar-refractivity contribution in [3.05, 3.63) is 42.0 Å². The molecular weight excluding hydrogens is 200 g/mol. The van der Waals surface area contributed by atoms with Gasteiger partial charge in [-0.25, -0.2) is 0 Å². The smallest absolute Gasteiger partial charge is 0.119 e. The quantitative estimate of drug-likeness (QED) is 0.790. The molecular formula is C14H18O2. The topological polar surface area (TPSA) is 29.5 Å². The van der Waals surface area contributed by atoms with Gasteiger partial charge in [-0.1, -0.05) is 12.1 Å². The second-order valence-corrected chi connectivity index (χ2v) is 4.53. The largest absolute Gasteiger partial charge is 0.497 e. The summed E-state index contributed by atoms with van der Waals surface area (Å²) in [5.41, 5.74) is 1.92. The zero-order valence-electron chi connectivity index (χ0n) is 9.70. The van der Waals surface area contributed by atoms with Crippen LogP contribution in [0, 0.1) is 0 Å². The van der Waals surface area contributed by atoms with Gasteiger partial charge in [-0.05, 0) is 42.5 Å². The van der Waals surface area contributed by atoms with Gasteiger partial charge in [-0.15, -0.1) is 6.58 Å². The predicted molar refractivity (Wildman–Crippen MR) is 64.8 cm³/mol. The van der Waals surface area contributed by atoms with E-state index in [1.165, 1.54) is 11.1 Å². The number of aliphatic hydroxyl groups is 1. The minimum atomic E-state index is -0.610. The number of hydrogen-bond donors (Lipinski definition) is 1. The van der Waals surface area contributed by atoms with E-state index in [1.807, 2.05) is 12.1 Å². The molecule has 1 N–H and O–H groups in total. The van der Waals surface area contributed by atoms with E-state index < -0.39 is 5.60 Å². The van der Waals surface area contributed by atoms with Gasteiger partial charge < -0.3 is 9.84 Å². The fraction of sp³-hybridized carbons (Fsp3) is 0.429. The Kier molecular flexibility index (Phi) is 3.01. The van der Waals surface area contributed by atoms with Crippen molar-refractivity contribution < 1.29 is 9.84 Å². The highest BCUT2D eigenvalue weighted by Gasteiger charge is 2.30. The summed E-state index contributed by atoms with van der Waals surface area (Å²) in [6, 6.07) is 6.11. The van der Waals surface area contributed by atoms with Gasteiger partial charge in [0.2, 0.25) is 0 Å². The van der Waals surface area contributed by atoms with Gasteiger partial charge >= 0.3 is 0 Å². The summed E-state index contributed by atoms with van der Waals surface area (Å²) in [6.07, 6.45) is 4.91. The van der Waals surface area contributed by atoms with Crippen LogP contribution in [0.3, 0.4) is 0 Å². The molecule has 1 aromatic rings. The number of benzene rings is 1. The molecule has 2 nitrogen and oxygen atoms in total. The maximum absolute atomic E-state index is 10.4. The summed E-state index contributed by atoms with van der Waals surface area (Å²) in [7, 11) is 1.67. The second-order valence-electron chi connectivity index (χ2n) is 4.53. The molecule has 0 heterocycles. The Morgan fingerprint density at radius 3 is 3.00 bits per heavy atom. The van der Waals surface area contributed by atoms with Crippen LogP contribution in [0.25, 0.3) is 0 Å². The van der Waals surface area contributed by atoms with Crippen molar-refractivity contribution in [3.63, 3.8) is 0 Å². The molecule has 1 aliphatic carbocycles. The first-order valence-electron chi connectivity index (χ1n) is 5.66. The van der Waals surface area contributed by atoms with E-state index in [0.29, 0.717) is 12.8 Å². The molecule has 2 heteroatoms. The van der Waals surface area contributed by atoms with Gasteiger partial charge in [-0.3, -0.25) is 0 Å². The molecule has 1 aromatic carbocycles.